The van der Waals surface area contributed by atoms with Gasteiger partial charge in [0.05, 0.1) is 6.04 Å². The van der Waals surface area contributed by atoms with Crippen LogP contribution in [-0.2, 0) is 4.79 Å². The normalized spacial score (nSPS) is 26.1. The van der Waals surface area contributed by atoms with Gasteiger partial charge in [0.2, 0.25) is 5.91 Å². The van der Waals surface area contributed by atoms with Gasteiger partial charge in [-0.3, -0.25) is 4.79 Å². The second kappa shape index (κ2) is 6.11. The van der Waals surface area contributed by atoms with Crippen molar-refractivity contribution in [3.63, 3.8) is 0 Å². The molecule has 0 bridgehead atoms. The van der Waals surface area contributed by atoms with E-state index in [1.165, 1.54) is 12.8 Å². The zero-order valence-electron chi connectivity index (χ0n) is 10.2. The number of hydrogen-bond acceptors (Lipinski definition) is 2. The lowest BCUT2D eigenvalue weighted by atomic mass is 10.2. The molecule has 3 atom stereocenters. The molecular weight excluding hydrogens is 188 g/mol. The summed E-state index contributed by atoms with van der Waals surface area (Å²) in [5.41, 5.74) is 0. The molecule has 0 heterocycles. The third-order valence-electron chi connectivity index (χ3n) is 3.13. The molecule has 1 aliphatic rings. The molecule has 3 nitrogen and oxygen atoms in total. The Bertz CT molecular complexity index is 206. The number of carbonyl (C=O) groups excluding carboxylic acids is 1. The lowest BCUT2D eigenvalue weighted by molar-refractivity contribution is -0.122. The molecular formula is C12H24N2O. The Balaban J connectivity index is 2.11. The number of hydrogen-bond donors (Lipinski definition) is 2. The highest BCUT2D eigenvalue weighted by molar-refractivity contribution is 5.81. The molecule has 1 amide bonds. The van der Waals surface area contributed by atoms with E-state index in [0.29, 0.717) is 6.04 Å². The van der Waals surface area contributed by atoms with Crippen molar-refractivity contribution in [2.45, 2.75) is 58.5 Å². The topological polar surface area (TPSA) is 41.1 Å². The summed E-state index contributed by atoms with van der Waals surface area (Å²) in [4.78, 5) is 11.6. The van der Waals surface area contributed by atoms with Gasteiger partial charge in [0, 0.05) is 12.6 Å². The van der Waals surface area contributed by atoms with Gasteiger partial charge in [0.25, 0.3) is 0 Å². The Kier molecular flexibility index (Phi) is 5.09. The molecule has 1 fully saturated rings. The van der Waals surface area contributed by atoms with E-state index >= 15 is 0 Å². The summed E-state index contributed by atoms with van der Waals surface area (Å²) in [5, 5.41) is 6.32. The zero-order valence-corrected chi connectivity index (χ0v) is 10.2. The van der Waals surface area contributed by atoms with Gasteiger partial charge in [-0.2, -0.15) is 0 Å². The van der Waals surface area contributed by atoms with Crippen LogP contribution in [0.2, 0.25) is 0 Å². The van der Waals surface area contributed by atoms with Crippen LogP contribution in [0.3, 0.4) is 0 Å². The number of rotatable bonds is 7. The summed E-state index contributed by atoms with van der Waals surface area (Å²) in [6.07, 6.45) is 4.66. The monoisotopic (exact) mass is 212 g/mol. The van der Waals surface area contributed by atoms with E-state index in [9.17, 15) is 4.79 Å². The van der Waals surface area contributed by atoms with Gasteiger partial charge in [-0.15, -0.1) is 0 Å². The van der Waals surface area contributed by atoms with Crippen LogP contribution in [0.25, 0.3) is 0 Å². The molecule has 1 rings (SSSR count). The van der Waals surface area contributed by atoms with Crippen molar-refractivity contribution in [2.24, 2.45) is 5.92 Å². The van der Waals surface area contributed by atoms with Crippen LogP contribution >= 0.6 is 0 Å². The van der Waals surface area contributed by atoms with Gasteiger partial charge in [0.1, 0.15) is 0 Å². The first-order valence-corrected chi connectivity index (χ1v) is 6.22. The van der Waals surface area contributed by atoms with E-state index in [4.69, 9.17) is 0 Å². The second-order valence-corrected chi connectivity index (χ2v) is 4.54. The van der Waals surface area contributed by atoms with Crippen LogP contribution in [0.1, 0.15) is 46.5 Å². The number of unbranched alkanes of at least 4 members (excludes halogenated alkanes) is 1. The van der Waals surface area contributed by atoms with Gasteiger partial charge in [0.15, 0.2) is 0 Å². The highest BCUT2D eigenvalue weighted by atomic mass is 16.2. The molecule has 88 valence electrons. The third-order valence-corrected chi connectivity index (χ3v) is 3.13. The highest BCUT2D eigenvalue weighted by Crippen LogP contribution is 2.33. The minimum Gasteiger partial charge on any atom is -0.355 e. The first kappa shape index (κ1) is 12.5. The Morgan fingerprint density at radius 1 is 1.47 bits per heavy atom. The van der Waals surface area contributed by atoms with Crippen LogP contribution in [-0.4, -0.2) is 24.5 Å². The van der Waals surface area contributed by atoms with Crippen LogP contribution in [0.4, 0.5) is 0 Å². The summed E-state index contributed by atoms with van der Waals surface area (Å²) in [7, 11) is 0. The minimum atomic E-state index is -0.0385. The fourth-order valence-corrected chi connectivity index (χ4v) is 1.84. The van der Waals surface area contributed by atoms with E-state index in [2.05, 4.69) is 24.5 Å². The van der Waals surface area contributed by atoms with Crippen molar-refractivity contribution in [1.82, 2.24) is 10.6 Å². The Morgan fingerprint density at radius 2 is 2.20 bits per heavy atom. The SMILES string of the molecule is CCCCNC(=O)C(C)NC1CC1CC. The predicted octanol–water partition coefficient (Wildman–Crippen LogP) is 1.68. The maximum Gasteiger partial charge on any atom is 0.236 e. The number of carbonyl (C=O) groups is 1. The summed E-state index contributed by atoms with van der Waals surface area (Å²) >= 11 is 0. The average Bonchev–Trinajstić information content (AvgIpc) is 2.96. The molecule has 0 aliphatic heterocycles. The summed E-state index contributed by atoms with van der Waals surface area (Å²) in [5.74, 6) is 0.945. The fraction of sp³-hybridized carbons (Fsp3) is 0.917. The molecule has 0 radical (unpaired) electrons. The molecule has 0 aromatic carbocycles. The van der Waals surface area contributed by atoms with E-state index < -0.39 is 0 Å². The van der Waals surface area contributed by atoms with Crippen molar-refractivity contribution in [2.75, 3.05) is 6.54 Å². The van der Waals surface area contributed by atoms with Crippen LogP contribution in [0, 0.1) is 5.92 Å². The molecule has 0 aromatic rings. The van der Waals surface area contributed by atoms with Crippen molar-refractivity contribution in [1.29, 1.82) is 0 Å². The van der Waals surface area contributed by atoms with E-state index in [-0.39, 0.29) is 11.9 Å². The predicted molar refractivity (Wildman–Crippen MR) is 62.7 cm³/mol. The summed E-state index contributed by atoms with van der Waals surface area (Å²) in [6, 6.07) is 0.547. The van der Waals surface area contributed by atoms with Crippen LogP contribution in [0.5, 0.6) is 0 Å². The molecule has 0 saturated heterocycles. The van der Waals surface area contributed by atoms with Crippen LogP contribution in [0.15, 0.2) is 0 Å². The maximum atomic E-state index is 11.6. The first-order valence-electron chi connectivity index (χ1n) is 6.22. The Morgan fingerprint density at radius 3 is 2.73 bits per heavy atom. The van der Waals surface area contributed by atoms with Gasteiger partial charge in [-0.05, 0) is 25.7 Å². The van der Waals surface area contributed by atoms with Crippen molar-refractivity contribution < 1.29 is 4.79 Å². The van der Waals surface area contributed by atoms with Gasteiger partial charge in [-0.25, -0.2) is 0 Å². The lowest BCUT2D eigenvalue weighted by Gasteiger charge is -2.13. The van der Waals surface area contributed by atoms with E-state index in [1.807, 2.05) is 6.92 Å². The zero-order chi connectivity index (χ0) is 11.3. The fourth-order valence-electron chi connectivity index (χ4n) is 1.84. The Labute approximate surface area is 93.0 Å². The smallest absolute Gasteiger partial charge is 0.236 e. The highest BCUT2D eigenvalue weighted by Gasteiger charge is 2.36. The quantitative estimate of drug-likeness (QED) is 0.630. The largest absolute Gasteiger partial charge is 0.355 e. The minimum absolute atomic E-state index is 0.0385. The maximum absolute atomic E-state index is 11.6. The first-order chi connectivity index (χ1) is 7.19. The van der Waals surface area contributed by atoms with Crippen molar-refractivity contribution in [3.8, 4) is 0 Å². The molecule has 1 aliphatic carbocycles. The van der Waals surface area contributed by atoms with Gasteiger partial charge < -0.3 is 10.6 Å². The third kappa shape index (κ3) is 4.20. The van der Waals surface area contributed by atoms with Gasteiger partial charge >= 0.3 is 0 Å². The van der Waals surface area contributed by atoms with Crippen molar-refractivity contribution in [3.05, 3.63) is 0 Å². The van der Waals surface area contributed by atoms with Crippen molar-refractivity contribution >= 4 is 5.91 Å². The number of amides is 1. The average molecular weight is 212 g/mol. The van der Waals surface area contributed by atoms with E-state index in [1.54, 1.807) is 0 Å². The van der Waals surface area contributed by atoms with Gasteiger partial charge in [-0.1, -0.05) is 26.7 Å². The lowest BCUT2D eigenvalue weighted by Crippen LogP contribution is -2.43. The molecule has 3 heteroatoms. The molecule has 1 saturated carbocycles. The Hall–Kier alpha value is -0.570. The molecule has 0 spiro atoms. The molecule has 15 heavy (non-hydrogen) atoms. The molecule has 3 unspecified atom stereocenters. The van der Waals surface area contributed by atoms with Crippen LogP contribution < -0.4 is 10.6 Å². The molecule has 0 aromatic heterocycles. The standard InChI is InChI=1S/C12H24N2O/c1-4-6-7-13-12(15)9(3)14-11-8-10(11)5-2/h9-11,14H,4-8H2,1-3H3,(H,13,15). The second-order valence-electron chi connectivity index (χ2n) is 4.54. The number of nitrogens with one attached hydrogen (secondary N) is 2. The summed E-state index contributed by atoms with van der Waals surface area (Å²) in [6.45, 7) is 7.09. The molecule has 2 N–H and O–H groups in total. The summed E-state index contributed by atoms with van der Waals surface area (Å²) < 4.78 is 0. The van der Waals surface area contributed by atoms with E-state index in [0.717, 1.165) is 25.3 Å².